The molecule has 1 N–H and O–H groups in total. The molecule has 7 heteroatoms. The molecule has 1 fully saturated rings. The summed E-state index contributed by atoms with van der Waals surface area (Å²) < 4.78 is 0. The van der Waals surface area contributed by atoms with Gasteiger partial charge in [-0.3, -0.25) is 19.7 Å². The number of nitrogens with zero attached hydrogens (tertiary/aromatic N) is 2. The molecule has 1 heterocycles. The van der Waals surface area contributed by atoms with Crippen molar-refractivity contribution in [1.29, 1.82) is 0 Å². The van der Waals surface area contributed by atoms with Gasteiger partial charge in [-0.15, -0.1) is 0 Å². The van der Waals surface area contributed by atoms with Gasteiger partial charge in [0.25, 0.3) is 17.4 Å². The smallest absolute Gasteiger partial charge is 0.295 e. The number of nitro groups is 1. The average molecular weight is 422 g/mol. The maximum absolute atomic E-state index is 12.9. The van der Waals surface area contributed by atoms with Crippen LogP contribution in [0, 0.1) is 17.0 Å². The molecule has 0 aliphatic carbocycles. The standard InChI is InChI=1S/C24H26N2O5/c1-3-4-5-6-14-25-21(18-8-7-9-19(15-18)26(30)31)20(23(28)24(25)29)22(27)17-12-10-16(2)11-13-17/h7-13,15,21,27H,3-6,14H2,1-2H3/t21-/m0/s1. The van der Waals surface area contributed by atoms with Crippen LogP contribution in [0.4, 0.5) is 5.69 Å². The van der Waals surface area contributed by atoms with Crippen molar-refractivity contribution in [2.24, 2.45) is 0 Å². The van der Waals surface area contributed by atoms with E-state index in [9.17, 15) is 24.8 Å². The number of nitro benzene ring substituents is 1. The Balaban J connectivity index is 2.10. The lowest BCUT2D eigenvalue weighted by atomic mass is 9.94. The van der Waals surface area contributed by atoms with Gasteiger partial charge in [-0.1, -0.05) is 68.1 Å². The lowest BCUT2D eigenvalue weighted by Gasteiger charge is -2.25. The van der Waals surface area contributed by atoms with Crippen molar-refractivity contribution in [1.82, 2.24) is 4.90 Å². The van der Waals surface area contributed by atoms with Gasteiger partial charge >= 0.3 is 0 Å². The second kappa shape index (κ2) is 9.55. The van der Waals surface area contributed by atoms with E-state index in [1.165, 1.54) is 23.1 Å². The van der Waals surface area contributed by atoms with Crippen molar-refractivity contribution >= 4 is 23.1 Å². The molecule has 162 valence electrons. The Hall–Kier alpha value is -3.48. The molecule has 0 unspecified atom stereocenters. The molecule has 0 radical (unpaired) electrons. The monoisotopic (exact) mass is 422 g/mol. The van der Waals surface area contributed by atoms with Crippen LogP contribution in [0.25, 0.3) is 5.76 Å². The fourth-order valence-corrected chi connectivity index (χ4v) is 3.84. The van der Waals surface area contributed by atoms with Crippen LogP contribution in [0.5, 0.6) is 0 Å². The summed E-state index contributed by atoms with van der Waals surface area (Å²) in [5.41, 5.74) is 1.67. The van der Waals surface area contributed by atoms with Crippen LogP contribution in [-0.4, -0.2) is 33.2 Å². The molecule has 1 aliphatic rings. The van der Waals surface area contributed by atoms with E-state index in [-0.39, 0.29) is 17.0 Å². The van der Waals surface area contributed by atoms with Crippen LogP contribution in [0.15, 0.2) is 54.1 Å². The number of unbranched alkanes of at least 4 members (excludes halogenated alkanes) is 3. The minimum Gasteiger partial charge on any atom is -0.507 e. The predicted octanol–water partition coefficient (Wildman–Crippen LogP) is 4.91. The summed E-state index contributed by atoms with van der Waals surface area (Å²) in [6, 6.07) is 12.0. The molecule has 7 nitrogen and oxygen atoms in total. The van der Waals surface area contributed by atoms with Gasteiger partial charge < -0.3 is 10.0 Å². The predicted molar refractivity (Wildman–Crippen MR) is 117 cm³/mol. The van der Waals surface area contributed by atoms with E-state index in [4.69, 9.17) is 0 Å². The number of ketones is 1. The minimum absolute atomic E-state index is 0.0372. The molecule has 1 saturated heterocycles. The lowest BCUT2D eigenvalue weighted by molar-refractivity contribution is -0.384. The highest BCUT2D eigenvalue weighted by Crippen LogP contribution is 2.40. The highest BCUT2D eigenvalue weighted by molar-refractivity contribution is 6.46. The molecule has 1 amide bonds. The molecule has 2 aromatic carbocycles. The molecule has 1 aliphatic heterocycles. The summed E-state index contributed by atoms with van der Waals surface area (Å²) in [7, 11) is 0. The molecule has 0 saturated carbocycles. The van der Waals surface area contributed by atoms with Gasteiger partial charge in [0.2, 0.25) is 0 Å². The molecule has 3 rings (SSSR count). The Morgan fingerprint density at radius 2 is 1.81 bits per heavy atom. The fraction of sp³-hybridized carbons (Fsp3) is 0.333. The van der Waals surface area contributed by atoms with E-state index >= 15 is 0 Å². The van der Waals surface area contributed by atoms with Crippen LogP contribution in [-0.2, 0) is 9.59 Å². The van der Waals surface area contributed by atoms with E-state index in [2.05, 4.69) is 6.92 Å². The van der Waals surface area contributed by atoms with E-state index in [0.29, 0.717) is 24.1 Å². The number of rotatable bonds is 8. The van der Waals surface area contributed by atoms with Crippen molar-refractivity contribution in [2.45, 2.75) is 45.6 Å². The number of amides is 1. The van der Waals surface area contributed by atoms with E-state index in [1.807, 2.05) is 6.92 Å². The summed E-state index contributed by atoms with van der Waals surface area (Å²) in [5, 5.41) is 22.3. The number of carbonyl (C=O) groups is 2. The molecular formula is C24H26N2O5. The van der Waals surface area contributed by atoms with Crippen LogP contribution in [0.2, 0.25) is 0 Å². The summed E-state index contributed by atoms with van der Waals surface area (Å²) in [6.45, 7) is 4.32. The number of hydrogen-bond donors (Lipinski definition) is 1. The van der Waals surface area contributed by atoms with Crippen molar-refractivity contribution < 1.29 is 19.6 Å². The van der Waals surface area contributed by atoms with Crippen LogP contribution in [0.3, 0.4) is 0 Å². The average Bonchev–Trinajstić information content (AvgIpc) is 3.01. The molecule has 2 aromatic rings. The van der Waals surface area contributed by atoms with Gasteiger partial charge in [0, 0.05) is 24.2 Å². The molecular weight excluding hydrogens is 396 g/mol. The summed E-state index contributed by atoms with van der Waals surface area (Å²) in [5.74, 6) is -1.74. The van der Waals surface area contributed by atoms with Gasteiger partial charge in [-0.05, 0) is 18.9 Å². The summed E-state index contributed by atoms with van der Waals surface area (Å²) >= 11 is 0. The first-order valence-corrected chi connectivity index (χ1v) is 10.4. The number of aliphatic hydroxyl groups excluding tert-OH is 1. The lowest BCUT2D eigenvalue weighted by Crippen LogP contribution is -2.30. The third-order valence-corrected chi connectivity index (χ3v) is 5.51. The van der Waals surface area contributed by atoms with Gasteiger partial charge in [-0.25, -0.2) is 0 Å². The van der Waals surface area contributed by atoms with E-state index in [1.54, 1.807) is 30.3 Å². The zero-order valence-electron chi connectivity index (χ0n) is 17.7. The van der Waals surface area contributed by atoms with Crippen molar-refractivity contribution in [3.05, 3.63) is 80.9 Å². The Morgan fingerprint density at radius 1 is 1.10 bits per heavy atom. The number of likely N-dealkylation sites (tertiary alicyclic amines) is 1. The number of hydrogen-bond acceptors (Lipinski definition) is 5. The number of non-ortho nitro benzene ring substituents is 1. The number of carbonyl (C=O) groups excluding carboxylic acids is 2. The Bertz CT molecular complexity index is 1030. The molecule has 1 atom stereocenters. The van der Waals surface area contributed by atoms with Gasteiger partial charge in [0.1, 0.15) is 5.76 Å². The third-order valence-electron chi connectivity index (χ3n) is 5.51. The number of Topliss-reactive ketones (excluding diaryl/α,β-unsaturated/α-hetero) is 1. The van der Waals surface area contributed by atoms with E-state index in [0.717, 1.165) is 24.8 Å². The quantitative estimate of drug-likeness (QED) is 0.163. The highest BCUT2D eigenvalue weighted by atomic mass is 16.6. The first-order chi connectivity index (χ1) is 14.8. The zero-order chi connectivity index (χ0) is 22.5. The molecule has 0 bridgehead atoms. The number of aliphatic hydroxyl groups is 1. The summed E-state index contributed by atoms with van der Waals surface area (Å²) in [4.78, 5) is 38.0. The Kier molecular flexibility index (Phi) is 6.84. The van der Waals surface area contributed by atoms with Crippen molar-refractivity contribution in [2.75, 3.05) is 6.54 Å². The van der Waals surface area contributed by atoms with Gasteiger partial charge in [0.15, 0.2) is 0 Å². The normalized spacial score (nSPS) is 17.9. The van der Waals surface area contributed by atoms with Gasteiger partial charge in [0.05, 0.1) is 16.5 Å². The van der Waals surface area contributed by atoms with Crippen LogP contribution < -0.4 is 0 Å². The van der Waals surface area contributed by atoms with Crippen molar-refractivity contribution in [3.8, 4) is 0 Å². The molecule has 31 heavy (non-hydrogen) atoms. The topological polar surface area (TPSA) is 101 Å². The maximum Gasteiger partial charge on any atom is 0.295 e. The maximum atomic E-state index is 12.9. The number of aryl methyl sites for hydroxylation is 1. The SMILES string of the molecule is CCCCCCN1C(=O)C(=O)C(=C(O)c2ccc(C)cc2)[C@@H]1c1cccc([N+](=O)[O-])c1. The number of benzene rings is 2. The Labute approximate surface area is 181 Å². The summed E-state index contributed by atoms with van der Waals surface area (Å²) in [6.07, 6.45) is 3.64. The highest BCUT2D eigenvalue weighted by Gasteiger charge is 2.46. The van der Waals surface area contributed by atoms with Crippen LogP contribution in [0.1, 0.15) is 55.3 Å². The zero-order valence-corrected chi connectivity index (χ0v) is 17.7. The first-order valence-electron chi connectivity index (χ1n) is 10.4. The second-order valence-electron chi connectivity index (χ2n) is 7.77. The molecule has 0 spiro atoms. The Morgan fingerprint density at radius 3 is 2.45 bits per heavy atom. The molecule has 0 aromatic heterocycles. The second-order valence-corrected chi connectivity index (χ2v) is 7.77. The largest absolute Gasteiger partial charge is 0.507 e. The first kappa shape index (κ1) is 22.2. The van der Waals surface area contributed by atoms with E-state index < -0.39 is 22.7 Å². The fourth-order valence-electron chi connectivity index (χ4n) is 3.84. The minimum atomic E-state index is -0.872. The van der Waals surface area contributed by atoms with Crippen LogP contribution >= 0.6 is 0 Å². The van der Waals surface area contributed by atoms with Crippen molar-refractivity contribution in [3.63, 3.8) is 0 Å². The van der Waals surface area contributed by atoms with Gasteiger partial charge in [-0.2, -0.15) is 0 Å². The third kappa shape index (κ3) is 4.66.